The lowest BCUT2D eigenvalue weighted by Gasteiger charge is -2.36. The monoisotopic (exact) mass is 511 g/mol. The van der Waals surface area contributed by atoms with E-state index < -0.39 is 0 Å². The summed E-state index contributed by atoms with van der Waals surface area (Å²) in [6.07, 6.45) is 5.42. The van der Waals surface area contributed by atoms with Crippen LogP contribution in [-0.4, -0.2) is 59.5 Å². The van der Waals surface area contributed by atoms with Gasteiger partial charge in [-0.1, -0.05) is 51.8 Å². The summed E-state index contributed by atoms with van der Waals surface area (Å²) in [6.45, 7) is 4.20. The van der Waals surface area contributed by atoms with Crippen LogP contribution in [-0.2, 0) is 4.79 Å². The number of hydrogen-bond donors (Lipinski definition) is 1. The molecule has 2 heterocycles. The third-order valence-corrected chi connectivity index (χ3v) is 6.32. The summed E-state index contributed by atoms with van der Waals surface area (Å²) >= 11 is 4.64. The molecule has 1 N–H and O–H groups in total. The summed E-state index contributed by atoms with van der Waals surface area (Å²) in [6, 6.07) is 15.5. The van der Waals surface area contributed by atoms with Gasteiger partial charge in [0.2, 0.25) is 11.8 Å². The van der Waals surface area contributed by atoms with Crippen molar-refractivity contribution in [2.75, 3.05) is 48.7 Å². The fraction of sp³-hybridized carbons (Fsp3) is 0.261. The van der Waals surface area contributed by atoms with Crippen molar-refractivity contribution in [3.63, 3.8) is 0 Å². The van der Waals surface area contributed by atoms with Crippen molar-refractivity contribution in [3.05, 3.63) is 53.0 Å². The van der Waals surface area contributed by atoms with Gasteiger partial charge in [-0.2, -0.15) is 0 Å². The number of halogens is 1. The minimum absolute atomic E-state index is 0.129. The summed E-state index contributed by atoms with van der Waals surface area (Å²) in [7, 11) is 0. The van der Waals surface area contributed by atoms with E-state index in [1.165, 1.54) is 11.8 Å². The number of carbonyl (C=O) groups excluding carboxylic acids is 1. The molecule has 2 aromatic carbocycles. The maximum atomic E-state index is 12.6. The minimum Gasteiger partial charge on any atom is -0.411 e. The van der Waals surface area contributed by atoms with E-state index in [2.05, 4.69) is 47.2 Å². The Balaban J connectivity index is 1.34. The molecular weight excluding hydrogens is 490 g/mol. The van der Waals surface area contributed by atoms with Crippen molar-refractivity contribution < 1.29 is 9.21 Å². The van der Waals surface area contributed by atoms with Crippen LogP contribution in [0.3, 0.4) is 0 Å². The van der Waals surface area contributed by atoms with E-state index >= 15 is 0 Å². The normalized spacial score (nSPS) is 14.2. The summed E-state index contributed by atoms with van der Waals surface area (Å²) in [4.78, 5) is 17.1. The van der Waals surface area contributed by atoms with E-state index in [-0.39, 0.29) is 11.7 Å². The SMILES string of the molecule is C#CCN1CCN(c2ccccc2NC(=O)CSc2nnc(-c3cccc(Br)c3)o2)CC1. The predicted octanol–water partition coefficient (Wildman–Crippen LogP) is 3.99. The molecule has 1 amide bonds. The Kier molecular flexibility index (Phi) is 7.47. The molecule has 164 valence electrons. The van der Waals surface area contributed by atoms with Crippen LogP contribution in [0.4, 0.5) is 11.4 Å². The molecule has 0 spiro atoms. The summed E-state index contributed by atoms with van der Waals surface area (Å²) in [5.74, 6) is 3.16. The zero-order chi connectivity index (χ0) is 22.3. The summed E-state index contributed by atoms with van der Waals surface area (Å²) in [5.41, 5.74) is 2.63. The molecule has 3 aromatic rings. The highest BCUT2D eigenvalue weighted by Crippen LogP contribution is 2.28. The number of thioether (sulfide) groups is 1. The lowest BCUT2D eigenvalue weighted by Crippen LogP contribution is -2.46. The number of benzene rings is 2. The number of nitrogens with zero attached hydrogens (tertiary/aromatic N) is 4. The van der Waals surface area contributed by atoms with Gasteiger partial charge in [-0.3, -0.25) is 9.69 Å². The van der Waals surface area contributed by atoms with Crippen molar-refractivity contribution in [2.45, 2.75) is 5.22 Å². The highest BCUT2D eigenvalue weighted by atomic mass is 79.9. The van der Waals surface area contributed by atoms with Crippen LogP contribution in [0.5, 0.6) is 0 Å². The second kappa shape index (κ2) is 10.7. The number of para-hydroxylation sites is 2. The van der Waals surface area contributed by atoms with Crippen molar-refractivity contribution in [1.82, 2.24) is 15.1 Å². The number of anilines is 2. The first kappa shape index (κ1) is 22.4. The number of carbonyl (C=O) groups is 1. The van der Waals surface area contributed by atoms with Gasteiger partial charge < -0.3 is 14.6 Å². The van der Waals surface area contributed by atoms with Gasteiger partial charge in [0.05, 0.1) is 23.7 Å². The average Bonchev–Trinajstić information content (AvgIpc) is 3.28. The first-order valence-electron chi connectivity index (χ1n) is 10.1. The molecule has 0 bridgehead atoms. The number of terminal acetylenes is 1. The molecule has 1 fully saturated rings. The van der Waals surface area contributed by atoms with Gasteiger partial charge in [-0.25, -0.2) is 0 Å². The molecule has 1 saturated heterocycles. The van der Waals surface area contributed by atoms with Gasteiger partial charge in [0, 0.05) is 36.2 Å². The summed E-state index contributed by atoms with van der Waals surface area (Å²) in [5, 5.41) is 11.5. The van der Waals surface area contributed by atoms with Crippen molar-refractivity contribution in [1.29, 1.82) is 0 Å². The highest BCUT2D eigenvalue weighted by Gasteiger charge is 2.19. The second-order valence-electron chi connectivity index (χ2n) is 7.20. The van der Waals surface area contributed by atoms with Gasteiger partial charge in [-0.05, 0) is 30.3 Å². The smallest absolute Gasteiger partial charge is 0.277 e. The van der Waals surface area contributed by atoms with E-state index in [9.17, 15) is 4.79 Å². The van der Waals surface area contributed by atoms with E-state index in [0.717, 1.165) is 47.6 Å². The largest absolute Gasteiger partial charge is 0.411 e. The Morgan fingerprint density at radius 3 is 2.75 bits per heavy atom. The summed E-state index contributed by atoms with van der Waals surface area (Å²) < 4.78 is 6.62. The van der Waals surface area contributed by atoms with Crippen molar-refractivity contribution >= 4 is 45.0 Å². The molecule has 1 aromatic heterocycles. The first-order chi connectivity index (χ1) is 15.6. The van der Waals surface area contributed by atoms with Gasteiger partial charge in [0.1, 0.15) is 0 Å². The third kappa shape index (κ3) is 5.71. The van der Waals surface area contributed by atoms with Gasteiger partial charge in [0.15, 0.2) is 0 Å². The first-order valence-corrected chi connectivity index (χ1v) is 11.9. The molecule has 1 aliphatic heterocycles. The number of nitrogens with one attached hydrogen (secondary N) is 1. The minimum atomic E-state index is -0.129. The van der Waals surface area contributed by atoms with E-state index in [1.54, 1.807) is 0 Å². The van der Waals surface area contributed by atoms with Gasteiger partial charge >= 0.3 is 0 Å². The maximum absolute atomic E-state index is 12.6. The maximum Gasteiger partial charge on any atom is 0.277 e. The molecule has 0 atom stereocenters. The van der Waals surface area contributed by atoms with Gasteiger partial charge in [-0.15, -0.1) is 16.6 Å². The van der Waals surface area contributed by atoms with Crippen LogP contribution >= 0.6 is 27.7 Å². The van der Waals surface area contributed by atoms with Crippen LogP contribution in [0.15, 0.2) is 62.6 Å². The molecule has 4 rings (SSSR count). The topological polar surface area (TPSA) is 74.5 Å². The molecule has 9 heteroatoms. The highest BCUT2D eigenvalue weighted by molar-refractivity contribution is 9.10. The molecule has 0 saturated carbocycles. The lowest BCUT2D eigenvalue weighted by molar-refractivity contribution is -0.113. The number of aromatic nitrogens is 2. The van der Waals surface area contributed by atoms with Crippen LogP contribution in [0.2, 0.25) is 0 Å². The Bertz CT molecular complexity index is 1120. The van der Waals surface area contributed by atoms with Crippen LogP contribution in [0.25, 0.3) is 11.5 Å². The zero-order valence-electron chi connectivity index (χ0n) is 17.3. The molecule has 0 radical (unpaired) electrons. The van der Waals surface area contributed by atoms with Crippen LogP contribution in [0.1, 0.15) is 0 Å². The Morgan fingerprint density at radius 2 is 1.97 bits per heavy atom. The van der Waals surface area contributed by atoms with E-state index in [4.69, 9.17) is 10.8 Å². The number of rotatable bonds is 7. The molecule has 0 unspecified atom stereocenters. The van der Waals surface area contributed by atoms with E-state index in [0.29, 0.717) is 17.7 Å². The molecular formula is C23H22BrN5O2S. The van der Waals surface area contributed by atoms with Crippen LogP contribution in [0, 0.1) is 12.3 Å². The predicted molar refractivity (Wildman–Crippen MR) is 131 cm³/mol. The number of hydrogen-bond acceptors (Lipinski definition) is 7. The van der Waals surface area contributed by atoms with Gasteiger partial charge in [0.25, 0.3) is 5.22 Å². The average molecular weight is 512 g/mol. The third-order valence-electron chi connectivity index (χ3n) is 5.01. The Hall–Kier alpha value is -2.80. The van der Waals surface area contributed by atoms with E-state index in [1.807, 2.05) is 48.5 Å². The van der Waals surface area contributed by atoms with Crippen molar-refractivity contribution in [3.8, 4) is 23.8 Å². The molecule has 0 aliphatic carbocycles. The lowest BCUT2D eigenvalue weighted by atomic mass is 10.2. The Morgan fingerprint density at radius 1 is 1.16 bits per heavy atom. The standard InChI is InChI=1S/C23H22BrN5O2S/c1-2-10-28-11-13-29(14-12-28)20-9-4-3-8-19(20)25-21(30)16-32-23-27-26-22(31-23)17-6-5-7-18(24)15-17/h1,3-9,15H,10-14,16H2,(H,25,30). The fourth-order valence-electron chi connectivity index (χ4n) is 3.45. The quantitative estimate of drug-likeness (QED) is 0.379. The number of amides is 1. The Labute approximate surface area is 199 Å². The van der Waals surface area contributed by atoms with Crippen LogP contribution < -0.4 is 10.2 Å². The second-order valence-corrected chi connectivity index (χ2v) is 9.05. The number of piperazine rings is 1. The molecule has 32 heavy (non-hydrogen) atoms. The molecule has 7 nitrogen and oxygen atoms in total. The van der Waals surface area contributed by atoms with Crippen molar-refractivity contribution in [2.24, 2.45) is 0 Å². The zero-order valence-corrected chi connectivity index (χ0v) is 19.7. The fourth-order valence-corrected chi connectivity index (χ4v) is 4.41. The molecule has 1 aliphatic rings.